The lowest BCUT2D eigenvalue weighted by Gasteiger charge is -2.33. The second-order valence-electron chi connectivity index (χ2n) is 7.31. The van der Waals surface area contributed by atoms with Crippen molar-refractivity contribution in [1.82, 2.24) is 10.3 Å². The van der Waals surface area contributed by atoms with E-state index >= 15 is 0 Å². The van der Waals surface area contributed by atoms with Crippen molar-refractivity contribution < 1.29 is 9.72 Å². The number of hydrogen-bond acceptors (Lipinski definition) is 5. The minimum atomic E-state index is -0.328. The van der Waals surface area contributed by atoms with E-state index in [1.54, 1.807) is 24.4 Å². The molecule has 2 heterocycles. The molecule has 1 aliphatic rings. The molecule has 1 aliphatic heterocycles. The van der Waals surface area contributed by atoms with Crippen LogP contribution >= 0.6 is 0 Å². The van der Waals surface area contributed by atoms with Gasteiger partial charge in [-0.1, -0.05) is 18.2 Å². The van der Waals surface area contributed by atoms with Gasteiger partial charge in [-0.25, -0.2) is 0 Å². The number of nitro benzene ring substituents is 1. The normalized spacial score (nSPS) is 14.7. The van der Waals surface area contributed by atoms with Crippen molar-refractivity contribution in [2.75, 3.05) is 18.0 Å². The first kappa shape index (κ1) is 18.9. The number of benzene rings is 2. The Hall–Kier alpha value is -3.48. The summed E-state index contributed by atoms with van der Waals surface area (Å²) in [6, 6.07) is 14.6. The standard InChI is InChI=1S/C22H22N4O3/c1-15-5-2-3-6-17(15)22(27)24-16-10-13-25(14-11-16)20-9-8-19-18(7-4-12-23-19)21(20)26(28)29/h2-9,12,16H,10-11,13-14H2,1H3,(H,24,27). The van der Waals surface area contributed by atoms with Gasteiger partial charge >= 0.3 is 5.69 Å². The number of carbonyl (C=O) groups is 1. The molecule has 7 nitrogen and oxygen atoms in total. The van der Waals surface area contributed by atoms with Crippen LogP contribution in [0.2, 0.25) is 0 Å². The molecule has 0 radical (unpaired) electrons. The van der Waals surface area contributed by atoms with Gasteiger partial charge in [0.15, 0.2) is 0 Å². The first-order valence-corrected chi connectivity index (χ1v) is 9.68. The highest BCUT2D eigenvalue weighted by atomic mass is 16.6. The van der Waals surface area contributed by atoms with E-state index in [1.165, 1.54) is 0 Å². The quantitative estimate of drug-likeness (QED) is 0.540. The highest BCUT2D eigenvalue weighted by Crippen LogP contribution is 2.36. The van der Waals surface area contributed by atoms with E-state index in [9.17, 15) is 14.9 Å². The summed E-state index contributed by atoms with van der Waals surface area (Å²) < 4.78 is 0. The number of nitrogens with one attached hydrogen (secondary N) is 1. The summed E-state index contributed by atoms with van der Waals surface area (Å²) in [5, 5.41) is 15.4. The van der Waals surface area contributed by atoms with Crippen LogP contribution in [0.1, 0.15) is 28.8 Å². The Morgan fingerprint density at radius 2 is 1.90 bits per heavy atom. The van der Waals surface area contributed by atoms with Crippen molar-refractivity contribution in [2.45, 2.75) is 25.8 Å². The summed E-state index contributed by atoms with van der Waals surface area (Å²) in [4.78, 5) is 30.2. The molecule has 1 saturated heterocycles. The van der Waals surface area contributed by atoms with Gasteiger partial charge in [0.05, 0.1) is 15.8 Å². The number of piperidine rings is 1. The molecule has 0 aliphatic carbocycles. The first-order valence-electron chi connectivity index (χ1n) is 9.68. The molecule has 0 saturated carbocycles. The predicted octanol–water partition coefficient (Wildman–Crippen LogP) is 3.85. The maximum Gasteiger partial charge on any atom is 0.301 e. The zero-order chi connectivity index (χ0) is 20.4. The smallest absolute Gasteiger partial charge is 0.301 e. The molecule has 2 aromatic carbocycles. The number of aromatic nitrogens is 1. The number of nitrogens with zero attached hydrogens (tertiary/aromatic N) is 3. The highest BCUT2D eigenvalue weighted by molar-refractivity contribution is 5.96. The third kappa shape index (κ3) is 3.76. The van der Waals surface area contributed by atoms with E-state index in [0.717, 1.165) is 18.4 Å². The molecule has 7 heteroatoms. The number of fused-ring (bicyclic) bond motifs is 1. The van der Waals surface area contributed by atoms with E-state index < -0.39 is 0 Å². The molecule has 0 spiro atoms. The molecule has 1 fully saturated rings. The van der Waals surface area contributed by atoms with Crippen LogP contribution in [-0.4, -0.2) is 34.9 Å². The molecule has 0 bridgehead atoms. The largest absolute Gasteiger partial charge is 0.366 e. The average Bonchev–Trinajstić information content (AvgIpc) is 2.73. The van der Waals surface area contributed by atoms with Gasteiger partial charge < -0.3 is 10.2 Å². The van der Waals surface area contributed by atoms with Crippen molar-refractivity contribution in [3.05, 3.63) is 76.0 Å². The monoisotopic (exact) mass is 390 g/mol. The van der Waals surface area contributed by atoms with Gasteiger partial charge in [0.1, 0.15) is 5.69 Å². The Balaban J connectivity index is 1.49. The number of nitro groups is 1. The number of carbonyl (C=O) groups excluding carboxylic acids is 1. The molecule has 1 aromatic heterocycles. The van der Waals surface area contributed by atoms with Gasteiger partial charge in [0.2, 0.25) is 0 Å². The van der Waals surface area contributed by atoms with E-state index in [2.05, 4.69) is 10.3 Å². The number of hydrogen-bond donors (Lipinski definition) is 1. The topological polar surface area (TPSA) is 88.4 Å². The minimum Gasteiger partial charge on any atom is -0.366 e. The molecule has 0 atom stereocenters. The van der Waals surface area contributed by atoms with Crippen LogP contribution in [-0.2, 0) is 0 Å². The van der Waals surface area contributed by atoms with Crippen molar-refractivity contribution >= 4 is 28.2 Å². The second-order valence-corrected chi connectivity index (χ2v) is 7.31. The van der Waals surface area contributed by atoms with Gasteiger partial charge in [-0.15, -0.1) is 0 Å². The highest BCUT2D eigenvalue weighted by Gasteiger charge is 2.27. The summed E-state index contributed by atoms with van der Waals surface area (Å²) in [5.41, 5.74) is 2.95. The van der Waals surface area contributed by atoms with Gasteiger partial charge in [-0.2, -0.15) is 0 Å². The van der Waals surface area contributed by atoms with E-state index in [-0.39, 0.29) is 22.6 Å². The van der Waals surface area contributed by atoms with Gasteiger partial charge in [-0.3, -0.25) is 19.9 Å². The fourth-order valence-electron chi connectivity index (χ4n) is 3.93. The zero-order valence-electron chi connectivity index (χ0n) is 16.2. The fraction of sp³-hybridized carbons (Fsp3) is 0.273. The third-order valence-corrected chi connectivity index (χ3v) is 5.48. The van der Waals surface area contributed by atoms with Crippen molar-refractivity contribution in [1.29, 1.82) is 0 Å². The van der Waals surface area contributed by atoms with Crippen LogP contribution in [0.5, 0.6) is 0 Å². The second kappa shape index (κ2) is 7.87. The van der Waals surface area contributed by atoms with Crippen LogP contribution < -0.4 is 10.2 Å². The molecule has 4 rings (SSSR count). The number of pyridine rings is 1. The van der Waals surface area contributed by atoms with Crippen LogP contribution in [0.25, 0.3) is 10.9 Å². The Labute approximate surface area is 168 Å². The van der Waals surface area contributed by atoms with Crippen LogP contribution in [0.15, 0.2) is 54.7 Å². The Morgan fingerprint density at radius 1 is 1.14 bits per heavy atom. The lowest BCUT2D eigenvalue weighted by Crippen LogP contribution is -2.45. The molecule has 3 aromatic rings. The zero-order valence-corrected chi connectivity index (χ0v) is 16.2. The minimum absolute atomic E-state index is 0.0551. The Morgan fingerprint density at radius 3 is 2.62 bits per heavy atom. The lowest BCUT2D eigenvalue weighted by molar-refractivity contribution is -0.382. The fourth-order valence-corrected chi connectivity index (χ4v) is 3.93. The first-order chi connectivity index (χ1) is 14.0. The van der Waals surface area contributed by atoms with Gasteiger partial charge in [0, 0.05) is 30.9 Å². The summed E-state index contributed by atoms with van der Waals surface area (Å²) in [6.07, 6.45) is 3.11. The summed E-state index contributed by atoms with van der Waals surface area (Å²) in [7, 11) is 0. The molecule has 1 N–H and O–H groups in total. The number of anilines is 1. The van der Waals surface area contributed by atoms with Crippen LogP contribution in [0.3, 0.4) is 0 Å². The van der Waals surface area contributed by atoms with E-state index in [1.807, 2.05) is 42.2 Å². The number of aryl methyl sites for hydroxylation is 1. The molecule has 148 valence electrons. The summed E-state index contributed by atoms with van der Waals surface area (Å²) in [5.74, 6) is -0.0655. The molecular formula is C22H22N4O3. The van der Waals surface area contributed by atoms with Gasteiger partial charge in [-0.05, 0) is 55.7 Å². The SMILES string of the molecule is Cc1ccccc1C(=O)NC1CCN(c2ccc3ncccc3c2[N+](=O)[O-])CC1. The Kier molecular flexibility index (Phi) is 5.12. The average molecular weight is 390 g/mol. The van der Waals surface area contributed by atoms with E-state index in [4.69, 9.17) is 0 Å². The Bertz CT molecular complexity index is 1070. The van der Waals surface area contributed by atoms with Crippen LogP contribution in [0, 0.1) is 17.0 Å². The van der Waals surface area contributed by atoms with E-state index in [0.29, 0.717) is 35.2 Å². The third-order valence-electron chi connectivity index (χ3n) is 5.48. The van der Waals surface area contributed by atoms with Gasteiger partial charge in [0.25, 0.3) is 5.91 Å². The molecule has 29 heavy (non-hydrogen) atoms. The summed E-state index contributed by atoms with van der Waals surface area (Å²) in [6.45, 7) is 3.21. The number of amides is 1. The summed E-state index contributed by atoms with van der Waals surface area (Å²) >= 11 is 0. The maximum absolute atomic E-state index is 12.6. The maximum atomic E-state index is 12.6. The van der Waals surface area contributed by atoms with Crippen molar-refractivity contribution in [2.24, 2.45) is 0 Å². The van der Waals surface area contributed by atoms with Crippen LogP contribution in [0.4, 0.5) is 11.4 Å². The molecular weight excluding hydrogens is 368 g/mol. The molecule has 1 amide bonds. The van der Waals surface area contributed by atoms with Crippen molar-refractivity contribution in [3.63, 3.8) is 0 Å². The number of rotatable bonds is 4. The lowest BCUT2D eigenvalue weighted by atomic mass is 10.0. The molecule has 0 unspecified atom stereocenters. The predicted molar refractivity (Wildman–Crippen MR) is 112 cm³/mol. The van der Waals surface area contributed by atoms with Crippen molar-refractivity contribution in [3.8, 4) is 0 Å².